The first-order chi connectivity index (χ1) is 16.0. The minimum atomic E-state index is -0.249. The molecule has 2 heterocycles. The van der Waals surface area contributed by atoms with Crippen LogP contribution in [0.15, 0.2) is 64.5 Å². The number of carbonyl (C=O) groups is 1. The predicted molar refractivity (Wildman–Crippen MR) is 133 cm³/mol. The molecule has 0 radical (unpaired) electrons. The van der Waals surface area contributed by atoms with E-state index >= 15 is 0 Å². The number of hydrogen-bond acceptors (Lipinski definition) is 7. The Morgan fingerprint density at radius 1 is 1.12 bits per heavy atom. The molecule has 9 heteroatoms. The van der Waals surface area contributed by atoms with E-state index in [0.717, 1.165) is 11.3 Å². The molecule has 0 saturated heterocycles. The van der Waals surface area contributed by atoms with Gasteiger partial charge in [-0.2, -0.15) is 0 Å². The van der Waals surface area contributed by atoms with Gasteiger partial charge in [-0.25, -0.2) is 4.98 Å². The summed E-state index contributed by atoms with van der Waals surface area (Å²) in [6.07, 6.45) is 0.832. The minimum absolute atomic E-state index is 0.0666. The topological polar surface area (TPSA) is 82.5 Å². The Labute approximate surface area is 199 Å². The van der Waals surface area contributed by atoms with Crippen LogP contribution >= 0.6 is 23.1 Å². The number of anilines is 1. The van der Waals surface area contributed by atoms with Crippen molar-refractivity contribution in [1.29, 1.82) is 0 Å². The van der Waals surface area contributed by atoms with Gasteiger partial charge in [-0.1, -0.05) is 36.9 Å². The van der Waals surface area contributed by atoms with E-state index < -0.39 is 0 Å². The molecule has 0 saturated carbocycles. The van der Waals surface area contributed by atoms with Crippen LogP contribution in [0.25, 0.3) is 15.9 Å². The maximum absolute atomic E-state index is 13.4. The summed E-state index contributed by atoms with van der Waals surface area (Å²) in [5, 5.41) is 3.92. The number of carbonyl (C=O) groups excluding carboxylic acids is 1. The van der Waals surface area contributed by atoms with Gasteiger partial charge in [-0.05, 0) is 36.8 Å². The number of para-hydroxylation sites is 1. The molecule has 2 aromatic carbocycles. The number of aryl methyl sites for hydroxylation is 1. The molecular weight excluding hydrogens is 458 g/mol. The number of benzene rings is 2. The average molecular weight is 482 g/mol. The van der Waals surface area contributed by atoms with Crippen LogP contribution in [0.2, 0.25) is 0 Å². The summed E-state index contributed by atoms with van der Waals surface area (Å²) in [5.41, 5.74) is 1.08. The Hall–Kier alpha value is -3.30. The summed E-state index contributed by atoms with van der Waals surface area (Å²) in [7, 11) is 3.10. The molecule has 0 aliphatic heterocycles. The largest absolute Gasteiger partial charge is 0.497 e. The number of fused-ring (bicyclic) bond motifs is 1. The van der Waals surface area contributed by atoms with Crippen molar-refractivity contribution in [2.45, 2.75) is 18.5 Å². The first-order valence-corrected chi connectivity index (χ1v) is 12.1. The van der Waals surface area contributed by atoms with Crippen molar-refractivity contribution in [1.82, 2.24) is 9.55 Å². The molecular formula is C24H23N3O4S2. The predicted octanol–water partition coefficient (Wildman–Crippen LogP) is 4.76. The first kappa shape index (κ1) is 22.9. The van der Waals surface area contributed by atoms with Gasteiger partial charge in [0.25, 0.3) is 5.56 Å². The molecule has 0 bridgehead atoms. The molecule has 0 aliphatic carbocycles. The van der Waals surface area contributed by atoms with Gasteiger partial charge in [0, 0.05) is 10.9 Å². The van der Waals surface area contributed by atoms with E-state index in [1.54, 1.807) is 29.9 Å². The minimum Gasteiger partial charge on any atom is -0.497 e. The van der Waals surface area contributed by atoms with Crippen LogP contribution in [0.1, 0.15) is 11.8 Å². The lowest BCUT2D eigenvalue weighted by atomic mass is 10.2. The Morgan fingerprint density at radius 3 is 2.61 bits per heavy atom. The van der Waals surface area contributed by atoms with Gasteiger partial charge in [0.05, 0.1) is 36.7 Å². The number of thioether (sulfide) groups is 1. The van der Waals surface area contributed by atoms with Crippen molar-refractivity contribution in [2.24, 2.45) is 0 Å². The van der Waals surface area contributed by atoms with E-state index in [0.29, 0.717) is 38.2 Å². The van der Waals surface area contributed by atoms with Crippen LogP contribution in [-0.2, 0) is 11.2 Å². The maximum Gasteiger partial charge on any atom is 0.267 e. The zero-order chi connectivity index (χ0) is 23.4. The van der Waals surface area contributed by atoms with Crippen LogP contribution in [0, 0.1) is 0 Å². The van der Waals surface area contributed by atoms with Gasteiger partial charge in [-0.15, -0.1) is 11.3 Å². The second-order valence-electron chi connectivity index (χ2n) is 7.06. The van der Waals surface area contributed by atoms with Gasteiger partial charge in [0.1, 0.15) is 16.3 Å². The summed E-state index contributed by atoms with van der Waals surface area (Å²) in [5.74, 6) is 0.951. The highest BCUT2D eigenvalue weighted by Gasteiger charge is 2.17. The third-order valence-corrected chi connectivity index (χ3v) is 7.07. The third kappa shape index (κ3) is 4.89. The fourth-order valence-electron chi connectivity index (χ4n) is 3.32. The maximum atomic E-state index is 13.4. The van der Waals surface area contributed by atoms with Crippen LogP contribution in [-0.4, -0.2) is 35.4 Å². The summed E-state index contributed by atoms with van der Waals surface area (Å²) in [4.78, 5) is 32.6. The highest BCUT2D eigenvalue weighted by atomic mass is 32.2. The van der Waals surface area contributed by atoms with Crippen molar-refractivity contribution in [3.05, 3.63) is 69.8 Å². The number of thiophene rings is 1. The summed E-state index contributed by atoms with van der Waals surface area (Å²) < 4.78 is 12.1. The highest BCUT2D eigenvalue weighted by Crippen LogP contribution is 2.30. The smallest absolute Gasteiger partial charge is 0.267 e. The van der Waals surface area contributed by atoms with Gasteiger partial charge >= 0.3 is 0 Å². The molecule has 7 nitrogen and oxygen atoms in total. The number of amides is 1. The number of nitrogens with one attached hydrogen (secondary N) is 1. The summed E-state index contributed by atoms with van der Waals surface area (Å²) >= 11 is 2.72. The van der Waals surface area contributed by atoms with Crippen molar-refractivity contribution < 1.29 is 14.3 Å². The summed E-state index contributed by atoms with van der Waals surface area (Å²) in [6, 6.07) is 16.4. The van der Waals surface area contributed by atoms with E-state index in [2.05, 4.69) is 5.32 Å². The van der Waals surface area contributed by atoms with Gasteiger partial charge in [-0.3, -0.25) is 14.2 Å². The molecule has 4 aromatic rings. The number of ether oxygens (including phenoxy) is 2. The number of methoxy groups -OCH3 is 2. The zero-order valence-corrected chi connectivity index (χ0v) is 20.1. The number of aromatic nitrogens is 2. The molecule has 1 amide bonds. The molecule has 1 N–H and O–H groups in total. The van der Waals surface area contributed by atoms with Gasteiger partial charge in [0.15, 0.2) is 5.16 Å². The molecule has 0 atom stereocenters. The van der Waals surface area contributed by atoms with Crippen LogP contribution < -0.4 is 20.3 Å². The normalized spacial score (nSPS) is 10.9. The molecule has 0 aliphatic rings. The van der Waals surface area contributed by atoms with E-state index in [1.165, 1.54) is 30.2 Å². The number of rotatable bonds is 8. The quantitative estimate of drug-likeness (QED) is 0.289. The molecule has 4 rings (SSSR count). The van der Waals surface area contributed by atoms with Gasteiger partial charge in [0.2, 0.25) is 5.91 Å². The van der Waals surface area contributed by atoms with Crippen LogP contribution in [0.5, 0.6) is 11.5 Å². The van der Waals surface area contributed by atoms with E-state index in [1.807, 2.05) is 43.3 Å². The van der Waals surface area contributed by atoms with Crippen LogP contribution in [0.4, 0.5) is 5.69 Å². The third-order valence-electron chi connectivity index (χ3n) is 4.96. The van der Waals surface area contributed by atoms with Crippen LogP contribution in [0.3, 0.4) is 0 Å². The Morgan fingerprint density at radius 2 is 1.91 bits per heavy atom. The molecule has 0 fully saturated rings. The average Bonchev–Trinajstić information content (AvgIpc) is 3.27. The van der Waals surface area contributed by atoms with E-state index in [-0.39, 0.29) is 17.2 Å². The molecule has 0 unspecified atom stereocenters. The fourth-order valence-corrected chi connectivity index (χ4v) is 5.14. The Bertz CT molecular complexity index is 1350. The SMILES string of the molecule is CCc1cc2c(=O)n(-c3ccccc3)c(SCC(=O)Nc3cc(OC)ccc3OC)nc2s1. The van der Waals surface area contributed by atoms with Crippen molar-refractivity contribution >= 4 is 44.9 Å². The van der Waals surface area contributed by atoms with Crippen molar-refractivity contribution in [3.8, 4) is 17.2 Å². The first-order valence-electron chi connectivity index (χ1n) is 10.3. The monoisotopic (exact) mass is 481 g/mol. The second kappa shape index (κ2) is 10.1. The molecule has 170 valence electrons. The highest BCUT2D eigenvalue weighted by molar-refractivity contribution is 7.99. The lowest BCUT2D eigenvalue weighted by Gasteiger charge is -2.13. The Balaban J connectivity index is 1.64. The zero-order valence-electron chi connectivity index (χ0n) is 18.5. The number of nitrogens with zero attached hydrogens (tertiary/aromatic N) is 2. The summed E-state index contributed by atoms with van der Waals surface area (Å²) in [6.45, 7) is 2.05. The number of hydrogen-bond donors (Lipinski definition) is 1. The van der Waals surface area contributed by atoms with Crippen molar-refractivity contribution in [3.63, 3.8) is 0 Å². The standard InChI is InChI=1S/C24H23N3O4S2/c1-4-17-13-18-22(33-17)26-24(27(23(18)29)15-8-6-5-7-9-15)32-14-21(28)25-19-12-16(30-2)10-11-20(19)31-3/h5-13H,4,14H2,1-3H3,(H,25,28). The van der Waals surface area contributed by atoms with E-state index in [4.69, 9.17) is 14.5 Å². The van der Waals surface area contributed by atoms with Crippen molar-refractivity contribution in [2.75, 3.05) is 25.3 Å². The van der Waals surface area contributed by atoms with E-state index in [9.17, 15) is 9.59 Å². The Kier molecular flexibility index (Phi) is 7.00. The lowest BCUT2D eigenvalue weighted by Crippen LogP contribution is -2.22. The second-order valence-corrected chi connectivity index (χ2v) is 9.12. The fraction of sp³-hybridized carbons (Fsp3) is 0.208. The molecule has 2 aromatic heterocycles. The molecule has 0 spiro atoms. The lowest BCUT2D eigenvalue weighted by molar-refractivity contribution is -0.113. The van der Waals surface area contributed by atoms with Gasteiger partial charge < -0.3 is 14.8 Å². The molecule has 33 heavy (non-hydrogen) atoms.